The number of hydrogen-bond donors (Lipinski definition) is 0. The average Bonchev–Trinajstić information content (AvgIpc) is 2.49. The molecular formula is C19H30O4. The van der Waals surface area contributed by atoms with Gasteiger partial charge in [-0.15, -0.1) is 0 Å². The van der Waals surface area contributed by atoms with Crippen LogP contribution < -0.4 is 4.74 Å². The number of carbonyl (C=O) groups is 1. The highest BCUT2D eigenvalue weighted by Crippen LogP contribution is 2.28. The van der Waals surface area contributed by atoms with Crippen LogP contribution in [0.5, 0.6) is 5.75 Å². The van der Waals surface area contributed by atoms with Gasteiger partial charge in [0.15, 0.2) is 6.61 Å². The molecule has 1 atom stereocenters. The fourth-order valence-electron chi connectivity index (χ4n) is 2.08. The zero-order valence-corrected chi connectivity index (χ0v) is 15.4. The SMILES string of the molecule is CCC(C)(C)c1ccc(OCC(=O)OC(OC)C(C)(C)C)cc1. The van der Waals surface area contributed by atoms with Gasteiger partial charge in [-0.2, -0.15) is 0 Å². The molecule has 0 saturated carbocycles. The van der Waals surface area contributed by atoms with Crippen molar-refractivity contribution in [1.82, 2.24) is 0 Å². The summed E-state index contributed by atoms with van der Waals surface area (Å²) in [4.78, 5) is 11.9. The van der Waals surface area contributed by atoms with Crippen molar-refractivity contribution >= 4 is 5.97 Å². The Hall–Kier alpha value is -1.55. The van der Waals surface area contributed by atoms with Crippen molar-refractivity contribution < 1.29 is 19.0 Å². The zero-order valence-electron chi connectivity index (χ0n) is 15.4. The van der Waals surface area contributed by atoms with Crippen LogP contribution in [0.2, 0.25) is 0 Å². The van der Waals surface area contributed by atoms with Gasteiger partial charge in [0.2, 0.25) is 6.29 Å². The number of carbonyl (C=O) groups excluding carboxylic acids is 1. The fraction of sp³-hybridized carbons (Fsp3) is 0.632. The van der Waals surface area contributed by atoms with Crippen LogP contribution in [0, 0.1) is 5.41 Å². The van der Waals surface area contributed by atoms with Crippen LogP contribution >= 0.6 is 0 Å². The summed E-state index contributed by atoms with van der Waals surface area (Å²) in [6.45, 7) is 12.3. The molecule has 1 rings (SSSR count). The summed E-state index contributed by atoms with van der Waals surface area (Å²) < 4.78 is 16.0. The monoisotopic (exact) mass is 322 g/mol. The van der Waals surface area contributed by atoms with E-state index in [9.17, 15) is 4.79 Å². The van der Waals surface area contributed by atoms with Crippen molar-refractivity contribution in [2.24, 2.45) is 5.41 Å². The standard InChI is InChI=1S/C19H30O4/c1-8-19(5,6)14-9-11-15(12-10-14)22-13-16(20)23-17(21-7)18(2,3)4/h9-12,17H,8,13H2,1-7H3. The smallest absolute Gasteiger partial charge is 0.346 e. The van der Waals surface area contributed by atoms with Crippen LogP contribution in [0.3, 0.4) is 0 Å². The van der Waals surface area contributed by atoms with Gasteiger partial charge in [-0.3, -0.25) is 0 Å². The van der Waals surface area contributed by atoms with E-state index >= 15 is 0 Å². The average molecular weight is 322 g/mol. The molecule has 0 amide bonds. The Morgan fingerprint density at radius 3 is 2.09 bits per heavy atom. The number of esters is 1. The number of hydrogen-bond acceptors (Lipinski definition) is 4. The molecule has 0 heterocycles. The van der Waals surface area contributed by atoms with Gasteiger partial charge < -0.3 is 14.2 Å². The minimum Gasteiger partial charge on any atom is -0.482 e. The molecule has 0 N–H and O–H groups in total. The van der Waals surface area contributed by atoms with E-state index < -0.39 is 12.3 Å². The Balaban J connectivity index is 2.57. The minimum atomic E-state index is -0.591. The topological polar surface area (TPSA) is 44.8 Å². The van der Waals surface area contributed by atoms with Gasteiger partial charge in [0, 0.05) is 12.5 Å². The number of ether oxygens (including phenoxy) is 3. The second-order valence-electron chi connectivity index (χ2n) is 7.47. The number of rotatable bonds is 7. The predicted molar refractivity (Wildman–Crippen MR) is 91.6 cm³/mol. The lowest BCUT2D eigenvalue weighted by molar-refractivity contribution is -0.197. The van der Waals surface area contributed by atoms with E-state index in [2.05, 4.69) is 20.8 Å². The van der Waals surface area contributed by atoms with E-state index in [0.717, 1.165) is 6.42 Å². The summed E-state index contributed by atoms with van der Waals surface area (Å²) in [5.74, 6) is 0.215. The molecule has 4 nitrogen and oxygen atoms in total. The first-order valence-corrected chi connectivity index (χ1v) is 8.05. The van der Waals surface area contributed by atoms with Crippen LogP contribution in [0.1, 0.15) is 53.5 Å². The lowest BCUT2D eigenvalue weighted by atomic mass is 9.82. The third-order valence-corrected chi connectivity index (χ3v) is 4.04. The first-order chi connectivity index (χ1) is 10.6. The number of methoxy groups -OCH3 is 1. The third kappa shape index (κ3) is 5.87. The van der Waals surface area contributed by atoms with Crippen molar-refractivity contribution in [1.29, 1.82) is 0 Å². The zero-order chi connectivity index (χ0) is 17.7. The normalized spacial score (nSPS) is 13.5. The first-order valence-electron chi connectivity index (χ1n) is 8.05. The summed E-state index contributed by atoms with van der Waals surface area (Å²) in [6.07, 6.45) is 0.469. The molecule has 1 aromatic rings. The minimum absolute atomic E-state index is 0.132. The van der Waals surface area contributed by atoms with Crippen LogP contribution in [0.25, 0.3) is 0 Å². The van der Waals surface area contributed by atoms with Crippen LogP contribution in [-0.4, -0.2) is 26.0 Å². The Labute approximate surface area is 140 Å². The lowest BCUT2D eigenvalue weighted by Gasteiger charge is -2.28. The quantitative estimate of drug-likeness (QED) is 0.554. The van der Waals surface area contributed by atoms with Crippen LogP contribution in [-0.2, 0) is 19.7 Å². The molecule has 23 heavy (non-hydrogen) atoms. The van der Waals surface area contributed by atoms with Gasteiger partial charge in [0.25, 0.3) is 0 Å². The molecule has 0 aromatic heterocycles. The highest BCUT2D eigenvalue weighted by Gasteiger charge is 2.28. The maximum absolute atomic E-state index is 11.9. The summed E-state index contributed by atoms with van der Waals surface area (Å²) in [6, 6.07) is 7.85. The van der Waals surface area contributed by atoms with Crippen molar-refractivity contribution in [3.63, 3.8) is 0 Å². The van der Waals surface area contributed by atoms with Gasteiger partial charge >= 0.3 is 5.97 Å². The molecule has 4 heteroatoms. The lowest BCUT2D eigenvalue weighted by Crippen LogP contribution is -2.34. The Kier molecular flexibility index (Phi) is 6.63. The predicted octanol–water partition coefficient (Wildman–Crippen LogP) is 4.31. The molecule has 1 unspecified atom stereocenters. The van der Waals surface area contributed by atoms with Crippen LogP contribution in [0.4, 0.5) is 0 Å². The molecule has 0 aliphatic heterocycles. The summed E-state index contributed by atoms with van der Waals surface area (Å²) in [5, 5.41) is 0. The van der Waals surface area contributed by atoms with Gasteiger partial charge in [-0.25, -0.2) is 4.79 Å². The highest BCUT2D eigenvalue weighted by molar-refractivity contribution is 5.71. The third-order valence-electron chi connectivity index (χ3n) is 4.04. The molecule has 0 fully saturated rings. The van der Waals surface area contributed by atoms with Gasteiger partial charge in [0.05, 0.1) is 0 Å². The first kappa shape index (κ1) is 19.5. The molecule has 0 bridgehead atoms. The van der Waals surface area contributed by atoms with Crippen molar-refractivity contribution in [3.05, 3.63) is 29.8 Å². The largest absolute Gasteiger partial charge is 0.482 e. The number of benzene rings is 1. The van der Waals surface area contributed by atoms with Crippen LogP contribution in [0.15, 0.2) is 24.3 Å². The van der Waals surface area contributed by atoms with E-state index in [1.54, 1.807) is 0 Å². The Morgan fingerprint density at radius 1 is 1.09 bits per heavy atom. The molecule has 0 radical (unpaired) electrons. The maximum atomic E-state index is 11.9. The second kappa shape index (κ2) is 7.82. The fourth-order valence-corrected chi connectivity index (χ4v) is 2.08. The molecule has 0 aliphatic rings. The van der Waals surface area contributed by atoms with E-state index in [4.69, 9.17) is 14.2 Å². The maximum Gasteiger partial charge on any atom is 0.346 e. The molecule has 0 aliphatic carbocycles. The summed E-state index contributed by atoms with van der Waals surface area (Å²) in [5.41, 5.74) is 1.11. The molecule has 0 spiro atoms. The molecule has 0 saturated heterocycles. The highest BCUT2D eigenvalue weighted by atomic mass is 16.7. The van der Waals surface area contributed by atoms with Gasteiger partial charge in [-0.1, -0.05) is 53.7 Å². The molecule has 130 valence electrons. The van der Waals surface area contributed by atoms with Gasteiger partial charge in [0.1, 0.15) is 5.75 Å². The van der Waals surface area contributed by atoms with E-state index in [1.165, 1.54) is 12.7 Å². The molecular weight excluding hydrogens is 292 g/mol. The summed E-state index contributed by atoms with van der Waals surface area (Å²) in [7, 11) is 1.53. The Bertz CT molecular complexity index is 497. The second-order valence-corrected chi connectivity index (χ2v) is 7.47. The van der Waals surface area contributed by atoms with Gasteiger partial charge in [-0.05, 0) is 29.5 Å². The van der Waals surface area contributed by atoms with E-state index in [1.807, 2.05) is 45.0 Å². The Morgan fingerprint density at radius 2 is 1.65 bits per heavy atom. The summed E-state index contributed by atoms with van der Waals surface area (Å²) >= 11 is 0. The van der Waals surface area contributed by atoms with Crippen molar-refractivity contribution in [2.75, 3.05) is 13.7 Å². The van der Waals surface area contributed by atoms with E-state index in [0.29, 0.717) is 5.75 Å². The van der Waals surface area contributed by atoms with Crippen molar-refractivity contribution in [2.45, 2.75) is 59.7 Å². The molecule has 1 aromatic carbocycles. The van der Waals surface area contributed by atoms with E-state index in [-0.39, 0.29) is 17.4 Å². The van der Waals surface area contributed by atoms with Crippen molar-refractivity contribution in [3.8, 4) is 5.75 Å².